The van der Waals surface area contributed by atoms with Crippen LogP contribution in [0.5, 0.6) is 0 Å². The van der Waals surface area contributed by atoms with E-state index >= 15 is 0 Å². The molecule has 0 spiro atoms. The summed E-state index contributed by atoms with van der Waals surface area (Å²) in [5.74, 6) is 0.0644. The normalized spacial score (nSPS) is 18.4. The molecular formula is C14H20N2O. The van der Waals surface area contributed by atoms with E-state index in [9.17, 15) is 4.79 Å². The van der Waals surface area contributed by atoms with Crippen LogP contribution in [0.15, 0.2) is 24.3 Å². The highest BCUT2D eigenvalue weighted by Crippen LogP contribution is 2.21. The fourth-order valence-electron chi connectivity index (χ4n) is 2.18. The number of amides is 1. The predicted molar refractivity (Wildman–Crippen MR) is 68.4 cm³/mol. The molecule has 2 rings (SSSR count). The monoisotopic (exact) mass is 232 g/mol. The van der Waals surface area contributed by atoms with Crippen LogP contribution >= 0.6 is 0 Å². The van der Waals surface area contributed by atoms with Crippen LogP contribution in [0.25, 0.3) is 0 Å². The lowest BCUT2D eigenvalue weighted by Gasteiger charge is -2.34. The second-order valence-corrected chi connectivity index (χ2v) is 5.02. The first-order chi connectivity index (χ1) is 8.04. The van der Waals surface area contributed by atoms with Gasteiger partial charge in [0.2, 0.25) is 5.91 Å². The number of carbonyl (C=O) groups is 1. The first-order valence-corrected chi connectivity index (χ1v) is 6.19. The zero-order chi connectivity index (χ0) is 12.5. The Hall–Kier alpha value is -1.35. The number of benzene rings is 1. The molecule has 1 heterocycles. The minimum absolute atomic E-state index is 0.0644. The number of rotatable bonds is 2. The molecule has 0 saturated carbocycles. The number of carbonyl (C=O) groups excluding carboxylic acids is 1. The van der Waals surface area contributed by atoms with Crippen molar-refractivity contribution >= 4 is 5.91 Å². The number of hydrogen-bond acceptors (Lipinski definition) is 2. The van der Waals surface area contributed by atoms with Crippen LogP contribution in [0.4, 0.5) is 0 Å². The Balaban J connectivity index is 2.15. The topological polar surface area (TPSA) is 46.3 Å². The first kappa shape index (κ1) is 12.1. The fraction of sp³-hybridized carbons (Fsp3) is 0.500. The summed E-state index contributed by atoms with van der Waals surface area (Å²) in [4.78, 5) is 14.1. The summed E-state index contributed by atoms with van der Waals surface area (Å²) in [6, 6.07) is 8.30. The molecule has 3 heteroatoms. The largest absolute Gasteiger partial charge is 0.336 e. The van der Waals surface area contributed by atoms with Crippen molar-refractivity contribution in [1.82, 2.24) is 4.90 Å². The standard InChI is InChI=1S/C14H20N2O/c1-3-14(2,15)13(17)16-9-8-11-6-4-5-7-12(11)10-16/h4-7H,3,8-10,15H2,1-2H3. The molecule has 3 nitrogen and oxygen atoms in total. The van der Waals surface area contributed by atoms with Crippen molar-refractivity contribution in [2.45, 2.75) is 38.8 Å². The molecule has 0 radical (unpaired) electrons. The van der Waals surface area contributed by atoms with Crippen LogP contribution in [-0.2, 0) is 17.8 Å². The van der Waals surface area contributed by atoms with Crippen LogP contribution in [0, 0.1) is 0 Å². The Kier molecular flexibility index (Phi) is 3.20. The Labute approximate surface area is 103 Å². The molecule has 0 aromatic heterocycles. The summed E-state index contributed by atoms with van der Waals surface area (Å²) >= 11 is 0. The summed E-state index contributed by atoms with van der Waals surface area (Å²) in [5.41, 5.74) is 7.89. The van der Waals surface area contributed by atoms with E-state index in [0.717, 1.165) is 13.0 Å². The molecule has 1 amide bonds. The third-order valence-corrected chi connectivity index (χ3v) is 3.64. The minimum Gasteiger partial charge on any atom is -0.336 e. The third kappa shape index (κ3) is 2.34. The molecule has 1 atom stereocenters. The van der Waals surface area contributed by atoms with Gasteiger partial charge in [-0.3, -0.25) is 4.79 Å². The summed E-state index contributed by atoms with van der Waals surface area (Å²) < 4.78 is 0. The SMILES string of the molecule is CCC(C)(N)C(=O)N1CCc2ccccc2C1. The molecule has 92 valence electrons. The van der Waals surface area contributed by atoms with E-state index < -0.39 is 5.54 Å². The van der Waals surface area contributed by atoms with E-state index in [0.29, 0.717) is 13.0 Å². The van der Waals surface area contributed by atoms with Crippen molar-refractivity contribution in [3.8, 4) is 0 Å². The summed E-state index contributed by atoms with van der Waals surface area (Å²) in [5, 5.41) is 0. The van der Waals surface area contributed by atoms with Gasteiger partial charge in [-0.05, 0) is 30.9 Å². The van der Waals surface area contributed by atoms with E-state index in [1.165, 1.54) is 11.1 Å². The highest BCUT2D eigenvalue weighted by Gasteiger charge is 2.32. The van der Waals surface area contributed by atoms with Crippen molar-refractivity contribution in [1.29, 1.82) is 0 Å². The molecule has 1 aliphatic heterocycles. The average molecular weight is 232 g/mol. The molecule has 1 aromatic rings. The van der Waals surface area contributed by atoms with E-state index in [1.807, 2.05) is 24.8 Å². The van der Waals surface area contributed by atoms with Gasteiger partial charge in [0.05, 0.1) is 5.54 Å². The molecule has 2 N–H and O–H groups in total. The van der Waals surface area contributed by atoms with Gasteiger partial charge in [0.25, 0.3) is 0 Å². The zero-order valence-electron chi connectivity index (χ0n) is 10.6. The van der Waals surface area contributed by atoms with Gasteiger partial charge in [0, 0.05) is 13.1 Å². The lowest BCUT2D eigenvalue weighted by molar-refractivity contribution is -0.137. The van der Waals surface area contributed by atoms with E-state index in [-0.39, 0.29) is 5.91 Å². The molecule has 0 aliphatic carbocycles. The van der Waals surface area contributed by atoms with Crippen molar-refractivity contribution < 1.29 is 4.79 Å². The Morgan fingerprint density at radius 1 is 1.41 bits per heavy atom. The van der Waals surface area contributed by atoms with Gasteiger partial charge in [0.15, 0.2) is 0 Å². The molecule has 0 fully saturated rings. The first-order valence-electron chi connectivity index (χ1n) is 6.19. The van der Waals surface area contributed by atoms with Crippen LogP contribution in [-0.4, -0.2) is 22.9 Å². The number of fused-ring (bicyclic) bond motifs is 1. The molecule has 17 heavy (non-hydrogen) atoms. The second kappa shape index (κ2) is 4.49. The Morgan fingerprint density at radius 3 is 2.71 bits per heavy atom. The predicted octanol–water partition coefficient (Wildman–Crippen LogP) is 1.70. The molecule has 1 aliphatic rings. The fourth-order valence-corrected chi connectivity index (χ4v) is 2.18. The van der Waals surface area contributed by atoms with Crippen molar-refractivity contribution in [2.75, 3.05) is 6.54 Å². The number of nitrogens with two attached hydrogens (primary N) is 1. The number of hydrogen-bond donors (Lipinski definition) is 1. The van der Waals surface area contributed by atoms with Crippen molar-refractivity contribution in [2.24, 2.45) is 5.73 Å². The minimum atomic E-state index is -0.730. The van der Waals surface area contributed by atoms with Crippen molar-refractivity contribution in [3.63, 3.8) is 0 Å². The van der Waals surface area contributed by atoms with E-state index in [2.05, 4.69) is 18.2 Å². The average Bonchev–Trinajstić information content (AvgIpc) is 2.37. The van der Waals surface area contributed by atoms with Gasteiger partial charge < -0.3 is 10.6 Å². The van der Waals surface area contributed by atoms with Gasteiger partial charge in [-0.1, -0.05) is 31.2 Å². The summed E-state index contributed by atoms with van der Waals surface area (Å²) in [7, 11) is 0. The highest BCUT2D eigenvalue weighted by atomic mass is 16.2. The summed E-state index contributed by atoms with van der Waals surface area (Å²) in [6.07, 6.45) is 1.60. The van der Waals surface area contributed by atoms with Gasteiger partial charge in [-0.15, -0.1) is 0 Å². The van der Waals surface area contributed by atoms with E-state index in [4.69, 9.17) is 5.73 Å². The van der Waals surface area contributed by atoms with E-state index in [1.54, 1.807) is 0 Å². The second-order valence-electron chi connectivity index (χ2n) is 5.02. The maximum atomic E-state index is 12.3. The van der Waals surface area contributed by atoms with Crippen LogP contribution in [0.3, 0.4) is 0 Å². The van der Waals surface area contributed by atoms with Gasteiger partial charge in [-0.25, -0.2) is 0 Å². The van der Waals surface area contributed by atoms with Crippen molar-refractivity contribution in [3.05, 3.63) is 35.4 Å². The Bertz CT molecular complexity index is 426. The highest BCUT2D eigenvalue weighted by molar-refractivity contribution is 5.85. The summed E-state index contributed by atoms with van der Waals surface area (Å²) in [6.45, 7) is 5.25. The molecule has 1 aromatic carbocycles. The maximum Gasteiger partial charge on any atom is 0.242 e. The smallest absolute Gasteiger partial charge is 0.242 e. The lowest BCUT2D eigenvalue weighted by Crippen LogP contribution is -2.53. The van der Waals surface area contributed by atoms with Crippen LogP contribution < -0.4 is 5.73 Å². The molecule has 0 saturated heterocycles. The zero-order valence-corrected chi connectivity index (χ0v) is 10.6. The van der Waals surface area contributed by atoms with Gasteiger partial charge >= 0.3 is 0 Å². The maximum absolute atomic E-state index is 12.3. The number of nitrogens with zero attached hydrogens (tertiary/aromatic N) is 1. The molecular weight excluding hydrogens is 212 g/mol. The molecule has 1 unspecified atom stereocenters. The Morgan fingerprint density at radius 2 is 2.06 bits per heavy atom. The third-order valence-electron chi connectivity index (χ3n) is 3.64. The van der Waals surface area contributed by atoms with Gasteiger partial charge in [-0.2, -0.15) is 0 Å². The van der Waals surface area contributed by atoms with Crippen LogP contribution in [0.2, 0.25) is 0 Å². The van der Waals surface area contributed by atoms with Crippen LogP contribution in [0.1, 0.15) is 31.4 Å². The molecule has 0 bridgehead atoms. The quantitative estimate of drug-likeness (QED) is 0.843. The lowest BCUT2D eigenvalue weighted by atomic mass is 9.94. The van der Waals surface area contributed by atoms with Gasteiger partial charge in [0.1, 0.15) is 0 Å².